The van der Waals surface area contributed by atoms with E-state index < -0.39 is 0 Å². The molecule has 0 aromatic carbocycles. The Morgan fingerprint density at radius 1 is 0.800 bits per heavy atom. The molecule has 25 heavy (non-hydrogen) atoms. The van der Waals surface area contributed by atoms with Gasteiger partial charge in [-0.15, -0.1) is 0 Å². The monoisotopic (exact) mass is 350 g/mol. The molecule has 2 aliphatic rings. The van der Waals surface area contributed by atoms with E-state index in [2.05, 4.69) is 13.2 Å². The number of esters is 1. The van der Waals surface area contributed by atoms with Gasteiger partial charge in [0.25, 0.3) is 0 Å². The molecule has 4 heteroatoms. The summed E-state index contributed by atoms with van der Waals surface area (Å²) in [6, 6.07) is 0. The van der Waals surface area contributed by atoms with Gasteiger partial charge in [0.05, 0.1) is 31.7 Å². The van der Waals surface area contributed by atoms with Crippen molar-refractivity contribution in [2.24, 2.45) is 17.8 Å². The maximum Gasteiger partial charge on any atom is 0.309 e. The van der Waals surface area contributed by atoms with Crippen molar-refractivity contribution >= 4 is 5.97 Å². The van der Waals surface area contributed by atoms with Crippen molar-refractivity contribution in [1.82, 2.24) is 0 Å². The summed E-state index contributed by atoms with van der Waals surface area (Å²) in [6.45, 7) is 8.62. The van der Waals surface area contributed by atoms with E-state index in [1.165, 1.54) is 12.5 Å². The zero-order chi connectivity index (χ0) is 17.9. The highest BCUT2D eigenvalue weighted by molar-refractivity contribution is 5.72. The lowest BCUT2D eigenvalue weighted by Gasteiger charge is -2.31. The van der Waals surface area contributed by atoms with E-state index in [1.807, 2.05) is 0 Å². The average molecular weight is 350 g/mol. The molecule has 4 nitrogen and oxygen atoms in total. The van der Waals surface area contributed by atoms with Crippen molar-refractivity contribution in [2.75, 3.05) is 13.2 Å². The third kappa shape index (κ3) is 7.13. The molecule has 0 saturated heterocycles. The fourth-order valence-corrected chi connectivity index (χ4v) is 4.12. The lowest BCUT2D eigenvalue weighted by Crippen LogP contribution is -2.30. The molecule has 0 aromatic heterocycles. The fraction of sp³-hybridized carbons (Fsp3) is 0.762. The average Bonchev–Trinajstić information content (AvgIpc) is 2.64. The van der Waals surface area contributed by atoms with Crippen LogP contribution in [0.2, 0.25) is 0 Å². The normalized spacial score (nSPS) is 29.4. The molecular formula is C21H34O4. The van der Waals surface area contributed by atoms with E-state index in [0.29, 0.717) is 11.8 Å². The van der Waals surface area contributed by atoms with Crippen molar-refractivity contribution in [1.29, 1.82) is 0 Å². The summed E-state index contributed by atoms with van der Waals surface area (Å²) in [5.74, 6) is 1.52. The van der Waals surface area contributed by atoms with Gasteiger partial charge in [0.1, 0.15) is 6.10 Å². The molecule has 0 aromatic rings. The molecule has 0 bridgehead atoms. The van der Waals surface area contributed by atoms with Crippen LogP contribution in [0.1, 0.15) is 64.2 Å². The summed E-state index contributed by atoms with van der Waals surface area (Å²) in [5.41, 5.74) is 0. The van der Waals surface area contributed by atoms with Crippen LogP contribution in [0.15, 0.2) is 25.7 Å². The predicted molar refractivity (Wildman–Crippen MR) is 98.8 cm³/mol. The smallest absolute Gasteiger partial charge is 0.309 e. The van der Waals surface area contributed by atoms with E-state index in [-0.39, 0.29) is 18.0 Å². The summed E-state index contributed by atoms with van der Waals surface area (Å²) in [7, 11) is 0. The topological polar surface area (TPSA) is 44.8 Å². The van der Waals surface area contributed by atoms with E-state index in [9.17, 15) is 4.79 Å². The highest BCUT2D eigenvalue weighted by Gasteiger charge is 2.30. The summed E-state index contributed by atoms with van der Waals surface area (Å²) >= 11 is 0. The summed E-state index contributed by atoms with van der Waals surface area (Å²) in [5, 5.41) is 0. The second-order valence-electron chi connectivity index (χ2n) is 7.45. The Morgan fingerprint density at radius 2 is 1.28 bits per heavy atom. The molecule has 2 rings (SSSR count). The van der Waals surface area contributed by atoms with Gasteiger partial charge in [-0.3, -0.25) is 4.79 Å². The predicted octanol–water partition coefficient (Wildman–Crippen LogP) is 5.00. The molecule has 0 N–H and O–H groups in total. The number of hydrogen-bond donors (Lipinski definition) is 0. The first-order valence-corrected chi connectivity index (χ1v) is 9.88. The van der Waals surface area contributed by atoms with Crippen molar-refractivity contribution < 1.29 is 19.0 Å². The van der Waals surface area contributed by atoms with Crippen LogP contribution in [0, 0.1) is 17.8 Å². The molecule has 0 atom stereocenters. The molecular weight excluding hydrogens is 316 g/mol. The molecule has 0 radical (unpaired) electrons. The maximum absolute atomic E-state index is 12.4. The number of hydrogen-bond acceptors (Lipinski definition) is 4. The third-order valence-corrected chi connectivity index (χ3v) is 5.78. The zero-order valence-electron chi connectivity index (χ0n) is 15.5. The van der Waals surface area contributed by atoms with Crippen LogP contribution in [0.5, 0.6) is 0 Å². The van der Waals surface area contributed by atoms with Crippen LogP contribution >= 0.6 is 0 Å². The Labute approximate surface area is 152 Å². The van der Waals surface area contributed by atoms with Crippen LogP contribution in [0.25, 0.3) is 0 Å². The van der Waals surface area contributed by atoms with Crippen molar-refractivity contribution in [3.8, 4) is 0 Å². The third-order valence-electron chi connectivity index (χ3n) is 5.78. The highest BCUT2D eigenvalue weighted by Crippen LogP contribution is 2.33. The molecule has 0 unspecified atom stereocenters. The van der Waals surface area contributed by atoms with Gasteiger partial charge in [-0.1, -0.05) is 13.2 Å². The Balaban J connectivity index is 1.60. The second kappa shape index (κ2) is 11.2. The van der Waals surface area contributed by atoms with Crippen molar-refractivity contribution in [3.05, 3.63) is 25.7 Å². The van der Waals surface area contributed by atoms with E-state index in [4.69, 9.17) is 14.2 Å². The summed E-state index contributed by atoms with van der Waals surface area (Å²) in [4.78, 5) is 12.4. The van der Waals surface area contributed by atoms with Gasteiger partial charge >= 0.3 is 5.97 Å². The highest BCUT2D eigenvalue weighted by atomic mass is 16.5. The standard InChI is InChI=1S/C21H34O4/c1-3-23-15-13-17-5-9-19(10-6-17)21(22)25-20-11-7-18(8-12-20)14-16-24-4-2/h3-4,17-20H,1-2,5-16H2. The maximum atomic E-state index is 12.4. The number of carbonyl (C=O) groups is 1. The van der Waals surface area contributed by atoms with Gasteiger partial charge in [0.15, 0.2) is 0 Å². The molecule has 0 heterocycles. The lowest BCUT2D eigenvalue weighted by atomic mass is 9.80. The van der Waals surface area contributed by atoms with Crippen molar-refractivity contribution in [3.63, 3.8) is 0 Å². The Bertz CT molecular complexity index is 404. The Morgan fingerprint density at radius 3 is 1.76 bits per heavy atom. The van der Waals surface area contributed by atoms with E-state index in [1.54, 1.807) is 0 Å². The molecule has 0 spiro atoms. The largest absolute Gasteiger partial charge is 0.502 e. The minimum absolute atomic E-state index is 0.0410. The number of ether oxygens (including phenoxy) is 3. The minimum atomic E-state index is 0.0410. The van der Waals surface area contributed by atoms with E-state index >= 15 is 0 Å². The number of carbonyl (C=O) groups excluding carboxylic acids is 1. The van der Waals surface area contributed by atoms with E-state index in [0.717, 1.165) is 77.4 Å². The van der Waals surface area contributed by atoms with Gasteiger partial charge in [0.2, 0.25) is 0 Å². The van der Waals surface area contributed by atoms with Gasteiger partial charge < -0.3 is 14.2 Å². The first-order chi connectivity index (χ1) is 12.2. The van der Waals surface area contributed by atoms with Crippen molar-refractivity contribution in [2.45, 2.75) is 70.3 Å². The van der Waals surface area contributed by atoms with Crippen LogP contribution in [-0.2, 0) is 19.0 Å². The molecule has 2 aliphatic carbocycles. The Hall–Kier alpha value is -1.45. The zero-order valence-corrected chi connectivity index (χ0v) is 15.5. The summed E-state index contributed by atoms with van der Waals surface area (Å²) < 4.78 is 16.2. The molecule has 0 amide bonds. The lowest BCUT2D eigenvalue weighted by molar-refractivity contribution is -0.157. The second-order valence-corrected chi connectivity index (χ2v) is 7.45. The Kier molecular flexibility index (Phi) is 8.92. The quantitative estimate of drug-likeness (QED) is 0.316. The van der Waals surface area contributed by atoms with Crippen LogP contribution < -0.4 is 0 Å². The van der Waals surface area contributed by atoms with Crippen LogP contribution in [-0.4, -0.2) is 25.3 Å². The molecule has 142 valence electrons. The van der Waals surface area contributed by atoms with Gasteiger partial charge in [-0.2, -0.15) is 0 Å². The molecule has 0 aliphatic heterocycles. The molecule has 2 saturated carbocycles. The van der Waals surface area contributed by atoms with Gasteiger partial charge in [-0.25, -0.2) is 0 Å². The van der Waals surface area contributed by atoms with Crippen LogP contribution in [0.3, 0.4) is 0 Å². The van der Waals surface area contributed by atoms with Crippen LogP contribution in [0.4, 0.5) is 0 Å². The minimum Gasteiger partial charge on any atom is -0.502 e. The first-order valence-electron chi connectivity index (χ1n) is 9.88. The summed E-state index contributed by atoms with van der Waals surface area (Å²) in [6.07, 6.45) is 13.7. The van der Waals surface area contributed by atoms with Gasteiger partial charge in [0, 0.05) is 0 Å². The van der Waals surface area contributed by atoms with Gasteiger partial charge in [-0.05, 0) is 76.0 Å². The SMILES string of the molecule is C=COCCC1CCC(OC(=O)C2CCC(CCOC=C)CC2)CC1. The first kappa shape index (κ1) is 19.9. The fourth-order valence-electron chi connectivity index (χ4n) is 4.12. The molecule has 2 fully saturated rings. The number of rotatable bonds is 10.